The molecule has 3 N–H and O–H groups in total. The van der Waals surface area contributed by atoms with Gasteiger partial charge in [-0.05, 0) is 17.7 Å². The summed E-state index contributed by atoms with van der Waals surface area (Å²) in [5.74, 6) is 0. The molecule has 0 heterocycles. The third kappa shape index (κ3) is 5.71. The highest BCUT2D eigenvalue weighted by atomic mass is 16.5. The van der Waals surface area contributed by atoms with E-state index in [4.69, 9.17) is 15.7 Å². The van der Waals surface area contributed by atoms with Crippen molar-refractivity contribution in [2.75, 3.05) is 39.1 Å². The Morgan fingerprint density at radius 1 is 1.37 bits per heavy atom. The second-order valence-corrected chi connectivity index (χ2v) is 4.38. The summed E-state index contributed by atoms with van der Waals surface area (Å²) in [6, 6.07) is 9.29. The van der Waals surface area contributed by atoms with Crippen molar-refractivity contribution in [2.24, 2.45) is 0 Å². The molecule has 104 valence electrons. The van der Waals surface area contributed by atoms with Gasteiger partial charge in [0.25, 0.3) is 0 Å². The molecule has 0 radical (unpaired) electrons. The summed E-state index contributed by atoms with van der Waals surface area (Å²) in [5.41, 5.74) is 7.12. The standard InChI is InChI=1S/C14H21N3O2/c1-19-10-9-17(8-2-7-15)11-14(18)12-3-5-13(16)6-4-12/h3-6,14,18H,2,8-11,16H2,1H3. The molecule has 0 aliphatic rings. The number of hydrogen-bond acceptors (Lipinski definition) is 5. The van der Waals surface area contributed by atoms with Crippen LogP contribution in [0, 0.1) is 11.3 Å². The number of nitrogens with zero attached hydrogens (tertiary/aromatic N) is 2. The third-order valence-electron chi connectivity index (χ3n) is 2.90. The van der Waals surface area contributed by atoms with Crippen molar-refractivity contribution in [3.05, 3.63) is 29.8 Å². The molecule has 0 aliphatic carbocycles. The average Bonchev–Trinajstić information content (AvgIpc) is 2.42. The lowest BCUT2D eigenvalue weighted by Crippen LogP contribution is -2.32. The predicted molar refractivity (Wildman–Crippen MR) is 74.4 cm³/mol. The van der Waals surface area contributed by atoms with Gasteiger partial charge in [0.2, 0.25) is 0 Å². The lowest BCUT2D eigenvalue weighted by atomic mass is 10.1. The SMILES string of the molecule is COCCN(CCC#N)CC(O)c1ccc(N)cc1. The fourth-order valence-corrected chi connectivity index (χ4v) is 1.79. The quantitative estimate of drug-likeness (QED) is 0.688. The number of hydrogen-bond donors (Lipinski definition) is 2. The maximum absolute atomic E-state index is 10.2. The lowest BCUT2D eigenvalue weighted by Gasteiger charge is -2.24. The molecule has 0 spiro atoms. The van der Waals surface area contributed by atoms with Crippen molar-refractivity contribution in [2.45, 2.75) is 12.5 Å². The number of aliphatic hydroxyl groups is 1. The average molecular weight is 263 g/mol. The molecule has 5 heteroatoms. The minimum absolute atomic E-state index is 0.443. The number of nitrogen functional groups attached to an aromatic ring is 1. The number of aliphatic hydroxyl groups excluding tert-OH is 1. The normalized spacial score (nSPS) is 12.3. The fraction of sp³-hybridized carbons (Fsp3) is 0.500. The molecule has 1 atom stereocenters. The molecule has 0 saturated heterocycles. The number of nitriles is 1. The summed E-state index contributed by atoms with van der Waals surface area (Å²) in [6.07, 6.45) is -0.144. The molecule has 1 rings (SSSR count). The monoisotopic (exact) mass is 263 g/mol. The summed E-state index contributed by atoms with van der Waals surface area (Å²) in [6.45, 7) is 2.39. The van der Waals surface area contributed by atoms with E-state index in [0.717, 1.165) is 5.56 Å². The predicted octanol–water partition coefficient (Wildman–Crippen LogP) is 1.16. The number of anilines is 1. The lowest BCUT2D eigenvalue weighted by molar-refractivity contribution is 0.0902. The second kappa shape index (κ2) is 8.48. The minimum Gasteiger partial charge on any atom is -0.399 e. The summed E-state index contributed by atoms with van der Waals surface area (Å²) >= 11 is 0. The molecular formula is C14H21N3O2. The maximum atomic E-state index is 10.2. The number of nitrogens with two attached hydrogens (primary N) is 1. The minimum atomic E-state index is -0.587. The molecule has 1 aromatic rings. The van der Waals surface area contributed by atoms with Crippen LogP contribution in [0.25, 0.3) is 0 Å². The zero-order valence-electron chi connectivity index (χ0n) is 11.2. The highest BCUT2D eigenvalue weighted by molar-refractivity contribution is 5.39. The Morgan fingerprint density at radius 3 is 2.63 bits per heavy atom. The van der Waals surface area contributed by atoms with Gasteiger partial charge in [-0.2, -0.15) is 5.26 Å². The van der Waals surface area contributed by atoms with Crippen LogP contribution in [0.3, 0.4) is 0 Å². The van der Waals surface area contributed by atoms with Gasteiger partial charge in [0.15, 0.2) is 0 Å². The van der Waals surface area contributed by atoms with E-state index in [0.29, 0.717) is 38.3 Å². The highest BCUT2D eigenvalue weighted by Crippen LogP contribution is 2.16. The van der Waals surface area contributed by atoms with Crippen molar-refractivity contribution >= 4 is 5.69 Å². The fourth-order valence-electron chi connectivity index (χ4n) is 1.79. The molecule has 0 amide bonds. The van der Waals surface area contributed by atoms with Gasteiger partial charge in [0.05, 0.1) is 18.8 Å². The van der Waals surface area contributed by atoms with E-state index in [1.807, 2.05) is 17.0 Å². The van der Waals surface area contributed by atoms with Crippen molar-refractivity contribution in [3.8, 4) is 6.07 Å². The second-order valence-electron chi connectivity index (χ2n) is 4.38. The molecule has 0 fully saturated rings. The van der Waals surface area contributed by atoms with Gasteiger partial charge in [-0.15, -0.1) is 0 Å². The highest BCUT2D eigenvalue weighted by Gasteiger charge is 2.13. The molecule has 5 nitrogen and oxygen atoms in total. The topological polar surface area (TPSA) is 82.5 Å². The van der Waals surface area contributed by atoms with Crippen LogP contribution in [0.1, 0.15) is 18.1 Å². The first-order valence-electron chi connectivity index (χ1n) is 6.29. The van der Waals surface area contributed by atoms with Crippen LogP contribution in [0.15, 0.2) is 24.3 Å². The molecule has 19 heavy (non-hydrogen) atoms. The van der Waals surface area contributed by atoms with Gasteiger partial charge in [0, 0.05) is 38.9 Å². The van der Waals surface area contributed by atoms with Gasteiger partial charge < -0.3 is 15.6 Å². The van der Waals surface area contributed by atoms with E-state index in [9.17, 15) is 5.11 Å². The Bertz CT molecular complexity index is 400. The van der Waals surface area contributed by atoms with Crippen molar-refractivity contribution in [1.29, 1.82) is 5.26 Å². The molecule has 0 saturated carbocycles. The Labute approximate surface area is 114 Å². The van der Waals surface area contributed by atoms with Crippen LogP contribution in [-0.4, -0.2) is 43.4 Å². The molecule has 0 aromatic heterocycles. The Hall–Kier alpha value is -1.61. The van der Waals surface area contributed by atoms with Crippen molar-refractivity contribution in [1.82, 2.24) is 4.90 Å². The molecule has 1 aromatic carbocycles. The number of ether oxygens (including phenoxy) is 1. The van der Waals surface area contributed by atoms with Gasteiger partial charge in [-0.3, -0.25) is 4.90 Å². The third-order valence-corrected chi connectivity index (χ3v) is 2.90. The van der Waals surface area contributed by atoms with Gasteiger partial charge in [0.1, 0.15) is 0 Å². The van der Waals surface area contributed by atoms with Crippen LogP contribution in [0.5, 0.6) is 0 Å². The van der Waals surface area contributed by atoms with E-state index in [2.05, 4.69) is 6.07 Å². The molecule has 0 aliphatic heterocycles. The summed E-state index contributed by atoms with van der Waals surface area (Å²) in [7, 11) is 1.64. The van der Waals surface area contributed by atoms with Crippen molar-refractivity contribution < 1.29 is 9.84 Å². The number of rotatable bonds is 8. The first-order chi connectivity index (χ1) is 9.17. The van der Waals surface area contributed by atoms with Crippen molar-refractivity contribution in [3.63, 3.8) is 0 Å². The molecule has 0 bridgehead atoms. The van der Waals surface area contributed by atoms with Crippen LogP contribution < -0.4 is 5.73 Å². The van der Waals surface area contributed by atoms with Gasteiger partial charge in [-0.1, -0.05) is 12.1 Å². The van der Waals surface area contributed by atoms with Crippen LogP contribution in [0.2, 0.25) is 0 Å². The Balaban J connectivity index is 2.56. The zero-order valence-corrected chi connectivity index (χ0v) is 11.2. The van der Waals surface area contributed by atoms with Crippen LogP contribution in [-0.2, 0) is 4.74 Å². The molecular weight excluding hydrogens is 242 g/mol. The molecule has 1 unspecified atom stereocenters. The van der Waals surface area contributed by atoms with E-state index < -0.39 is 6.10 Å². The van der Waals surface area contributed by atoms with Crippen LogP contribution in [0.4, 0.5) is 5.69 Å². The van der Waals surface area contributed by atoms with Gasteiger partial charge in [-0.25, -0.2) is 0 Å². The van der Waals surface area contributed by atoms with E-state index in [1.165, 1.54) is 0 Å². The van der Waals surface area contributed by atoms with E-state index in [-0.39, 0.29) is 0 Å². The Morgan fingerprint density at radius 2 is 2.05 bits per heavy atom. The summed E-state index contributed by atoms with van der Waals surface area (Å²) in [5, 5.41) is 18.8. The first-order valence-corrected chi connectivity index (χ1v) is 6.29. The summed E-state index contributed by atoms with van der Waals surface area (Å²) < 4.78 is 5.03. The van der Waals surface area contributed by atoms with E-state index >= 15 is 0 Å². The number of methoxy groups -OCH3 is 1. The Kier molecular flexibility index (Phi) is 6.90. The maximum Gasteiger partial charge on any atom is 0.0916 e. The first kappa shape index (κ1) is 15.4. The van der Waals surface area contributed by atoms with E-state index in [1.54, 1.807) is 19.2 Å². The largest absolute Gasteiger partial charge is 0.399 e. The smallest absolute Gasteiger partial charge is 0.0916 e. The summed E-state index contributed by atoms with van der Waals surface area (Å²) in [4.78, 5) is 2.02. The van der Waals surface area contributed by atoms with Gasteiger partial charge >= 0.3 is 0 Å². The number of benzene rings is 1. The van der Waals surface area contributed by atoms with Crippen LogP contribution >= 0.6 is 0 Å². The zero-order chi connectivity index (χ0) is 14.1.